The molecule has 0 unspecified atom stereocenters. The third-order valence-corrected chi connectivity index (χ3v) is 2.43. The number of methoxy groups -OCH3 is 1. The Balaban J connectivity index is 2.25. The van der Waals surface area contributed by atoms with Crippen LogP contribution in [0.3, 0.4) is 0 Å². The van der Waals surface area contributed by atoms with Gasteiger partial charge in [0.1, 0.15) is 5.75 Å². The number of hydrogen-bond acceptors (Lipinski definition) is 5. The summed E-state index contributed by atoms with van der Waals surface area (Å²) in [5.74, 6) is 1.12. The fourth-order valence-electron chi connectivity index (χ4n) is 1.18. The molecule has 1 heterocycles. The molecule has 0 aliphatic rings. The quantitative estimate of drug-likeness (QED) is 0.882. The molecule has 0 amide bonds. The molecule has 2 aromatic rings. The van der Waals surface area contributed by atoms with Crippen molar-refractivity contribution in [3.63, 3.8) is 0 Å². The molecule has 2 rings (SSSR count). The van der Waals surface area contributed by atoms with E-state index in [0.717, 1.165) is 4.47 Å². The van der Waals surface area contributed by atoms with Crippen molar-refractivity contribution < 1.29 is 9.47 Å². The second-order valence-corrected chi connectivity index (χ2v) is 4.11. The minimum atomic E-state index is 0.230. The molecular formula is C11H10BrN3O2. The van der Waals surface area contributed by atoms with Crippen molar-refractivity contribution in [2.75, 3.05) is 12.8 Å². The summed E-state index contributed by atoms with van der Waals surface area (Å²) in [6, 6.07) is 5.37. The van der Waals surface area contributed by atoms with Gasteiger partial charge in [0.2, 0.25) is 0 Å². The van der Waals surface area contributed by atoms with Crippen LogP contribution in [-0.4, -0.2) is 17.1 Å². The average molecular weight is 296 g/mol. The molecule has 0 radical (unpaired) electrons. The summed E-state index contributed by atoms with van der Waals surface area (Å²) in [6.45, 7) is 0. The number of aromatic nitrogens is 2. The first kappa shape index (κ1) is 11.7. The van der Waals surface area contributed by atoms with Gasteiger partial charge in [-0.3, -0.25) is 0 Å². The number of benzene rings is 1. The summed E-state index contributed by atoms with van der Waals surface area (Å²) >= 11 is 3.24. The van der Waals surface area contributed by atoms with Crippen molar-refractivity contribution in [2.45, 2.75) is 0 Å². The van der Waals surface area contributed by atoms with Crippen LogP contribution in [0.2, 0.25) is 0 Å². The van der Waals surface area contributed by atoms with Gasteiger partial charge in [-0.1, -0.05) is 0 Å². The first-order valence-corrected chi connectivity index (χ1v) is 5.57. The van der Waals surface area contributed by atoms with E-state index in [0.29, 0.717) is 17.2 Å². The number of hydrogen-bond donors (Lipinski definition) is 1. The van der Waals surface area contributed by atoms with Crippen LogP contribution in [0.15, 0.2) is 35.1 Å². The van der Waals surface area contributed by atoms with Crippen LogP contribution in [0.5, 0.6) is 17.5 Å². The predicted octanol–water partition coefficient (Wildman–Crippen LogP) is 2.62. The minimum absolute atomic E-state index is 0.230. The van der Waals surface area contributed by atoms with Gasteiger partial charge in [-0.25, -0.2) is 9.97 Å². The summed E-state index contributed by atoms with van der Waals surface area (Å²) < 4.78 is 11.3. The van der Waals surface area contributed by atoms with Gasteiger partial charge < -0.3 is 15.2 Å². The highest BCUT2D eigenvalue weighted by Crippen LogP contribution is 2.29. The molecule has 0 aliphatic carbocycles. The monoisotopic (exact) mass is 295 g/mol. The fourth-order valence-corrected chi connectivity index (χ4v) is 1.39. The molecule has 5 nitrogen and oxygen atoms in total. The van der Waals surface area contributed by atoms with Gasteiger partial charge in [0, 0.05) is 18.5 Å². The lowest BCUT2D eigenvalue weighted by Gasteiger charge is -2.08. The Morgan fingerprint density at radius 2 is 1.94 bits per heavy atom. The van der Waals surface area contributed by atoms with E-state index in [1.54, 1.807) is 37.7 Å². The van der Waals surface area contributed by atoms with Gasteiger partial charge in [0.15, 0.2) is 5.75 Å². The molecule has 1 aromatic heterocycles. The third kappa shape index (κ3) is 2.85. The Morgan fingerprint density at radius 1 is 1.24 bits per heavy atom. The molecule has 0 bridgehead atoms. The van der Waals surface area contributed by atoms with Crippen molar-refractivity contribution in [1.29, 1.82) is 0 Å². The summed E-state index contributed by atoms with van der Waals surface area (Å²) in [5.41, 5.74) is 6.27. The van der Waals surface area contributed by atoms with Gasteiger partial charge >= 0.3 is 6.01 Å². The molecular weight excluding hydrogens is 286 g/mol. The van der Waals surface area contributed by atoms with Crippen molar-refractivity contribution in [2.24, 2.45) is 0 Å². The lowest BCUT2D eigenvalue weighted by atomic mass is 10.3. The van der Waals surface area contributed by atoms with Crippen LogP contribution in [0.25, 0.3) is 0 Å². The highest BCUT2D eigenvalue weighted by molar-refractivity contribution is 9.10. The van der Waals surface area contributed by atoms with Crippen molar-refractivity contribution >= 4 is 21.6 Å². The molecule has 0 fully saturated rings. The first-order valence-electron chi connectivity index (χ1n) is 4.78. The normalized spacial score (nSPS) is 10.0. The predicted molar refractivity (Wildman–Crippen MR) is 67.2 cm³/mol. The van der Waals surface area contributed by atoms with E-state index in [2.05, 4.69) is 25.9 Å². The molecule has 17 heavy (non-hydrogen) atoms. The van der Waals surface area contributed by atoms with Gasteiger partial charge in [-0.2, -0.15) is 0 Å². The number of anilines is 1. The zero-order chi connectivity index (χ0) is 12.3. The van der Waals surface area contributed by atoms with Crippen LogP contribution in [-0.2, 0) is 0 Å². The summed E-state index contributed by atoms with van der Waals surface area (Å²) in [4.78, 5) is 7.99. The highest BCUT2D eigenvalue weighted by atomic mass is 79.9. The molecule has 0 aliphatic heterocycles. The molecule has 2 N–H and O–H groups in total. The molecule has 0 spiro atoms. The molecule has 88 valence electrons. The molecule has 6 heteroatoms. The van der Waals surface area contributed by atoms with E-state index in [4.69, 9.17) is 15.2 Å². The maximum Gasteiger partial charge on any atom is 0.322 e. The Hall–Kier alpha value is -1.82. The maximum atomic E-state index is 5.78. The fraction of sp³-hybridized carbons (Fsp3) is 0.0909. The maximum absolute atomic E-state index is 5.78. The highest BCUT2D eigenvalue weighted by Gasteiger charge is 2.06. The lowest BCUT2D eigenvalue weighted by molar-refractivity contribution is 0.405. The van der Waals surface area contributed by atoms with Crippen LogP contribution in [0, 0.1) is 0 Å². The SMILES string of the molecule is COc1ccc(N)c(Oc2ncc(Br)cn2)c1. The van der Waals surface area contributed by atoms with E-state index in [9.17, 15) is 0 Å². The second kappa shape index (κ2) is 5.01. The Kier molecular flexibility index (Phi) is 3.43. The summed E-state index contributed by atoms with van der Waals surface area (Å²) in [7, 11) is 1.57. The zero-order valence-electron chi connectivity index (χ0n) is 9.05. The zero-order valence-corrected chi connectivity index (χ0v) is 10.6. The van der Waals surface area contributed by atoms with Gasteiger partial charge in [-0.15, -0.1) is 0 Å². The largest absolute Gasteiger partial charge is 0.497 e. The average Bonchev–Trinajstić information content (AvgIpc) is 2.35. The molecule has 0 atom stereocenters. The molecule has 0 saturated carbocycles. The number of nitrogens with two attached hydrogens (primary N) is 1. The second-order valence-electron chi connectivity index (χ2n) is 3.19. The lowest BCUT2D eigenvalue weighted by Crippen LogP contribution is -1.96. The van der Waals surface area contributed by atoms with E-state index in [-0.39, 0.29) is 6.01 Å². The number of nitrogen functional groups attached to an aromatic ring is 1. The topological polar surface area (TPSA) is 70.3 Å². The van der Waals surface area contributed by atoms with Crippen molar-refractivity contribution in [1.82, 2.24) is 9.97 Å². The number of rotatable bonds is 3. The standard InChI is InChI=1S/C11H10BrN3O2/c1-16-8-2-3-9(13)10(4-8)17-11-14-5-7(12)6-15-11/h2-6H,13H2,1H3. The van der Waals surface area contributed by atoms with E-state index >= 15 is 0 Å². The number of halogens is 1. The van der Waals surface area contributed by atoms with Crippen LogP contribution >= 0.6 is 15.9 Å². The van der Waals surface area contributed by atoms with Gasteiger partial charge in [0.05, 0.1) is 17.3 Å². The molecule has 1 aromatic carbocycles. The van der Waals surface area contributed by atoms with Gasteiger partial charge in [0.25, 0.3) is 0 Å². The third-order valence-electron chi connectivity index (χ3n) is 2.02. The summed E-state index contributed by atoms with van der Waals surface area (Å²) in [5, 5.41) is 0. The van der Waals surface area contributed by atoms with Crippen LogP contribution < -0.4 is 15.2 Å². The van der Waals surface area contributed by atoms with E-state index < -0.39 is 0 Å². The number of nitrogens with zero attached hydrogens (tertiary/aromatic N) is 2. The van der Waals surface area contributed by atoms with E-state index in [1.165, 1.54) is 0 Å². The first-order chi connectivity index (χ1) is 8.19. The minimum Gasteiger partial charge on any atom is -0.497 e. The number of ether oxygens (including phenoxy) is 2. The smallest absolute Gasteiger partial charge is 0.322 e. The Bertz CT molecular complexity index is 517. The van der Waals surface area contributed by atoms with E-state index in [1.807, 2.05) is 0 Å². The van der Waals surface area contributed by atoms with Crippen LogP contribution in [0.1, 0.15) is 0 Å². The Labute approximate surface area is 107 Å². The molecule has 0 saturated heterocycles. The van der Waals surface area contributed by atoms with Crippen LogP contribution in [0.4, 0.5) is 5.69 Å². The Morgan fingerprint density at radius 3 is 2.59 bits per heavy atom. The van der Waals surface area contributed by atoms with Crippen molar-refractivity contribution in [3.05, 3.63) is 35.1 Å². The van der Waals surface area contributed by atoms with Crippen molar-refractivity contribution in [3.8, 4) is 17.5 Å². The summed E-state index contributed by atoms with van der Waals surface area (Å²) in [6.07, 6.45) is 3.19. The van der Waals surface area contributed by atoms with Gasteiger partial charge in [-0.05, 0) is 28.1 Å².